The van der Waals surface area contributed by atoms with E-state index < -0.39 is 5.92 Å². The highest BCUT2D eigenvalue weighted by Gasteiger charge is 2.27. The fourth-order valence-corrected chi connectivity index (χ4v) is 2.49. The third-order valence-electron chi connectivity index (χ3n) is 3.82. The number of nitrogens with zero attached hydrogens (tertiary/aromatic N) is 2. The zero-order valence-electron chi connectivity index (χ0n) is 15.9. The van der Waals surface area contributed by atoms with E-state index in [9.17, 15) is 9.59 Å². The number of carbonyl (C=O) groups is 2. The van der Waals surface area contributed by atoms with Crippen LogP contribution < -0.4 is 10.6 Å². The molecule has 0 atom stereocenters. The van der Waals surface area contributed by atoms with Crippen molar-refractivity contribution in [3.8, 4) is 0 Å². The van der Waals surface area contributed by atoms with Crippen LogP contribution in [0.1, 0.15) is 24.3 Å². The fourth-order valence-electron chi connectivity index (χ4n) is 2.49. The van der Waals surface area contributed by atoms with Crippen LogP contribution in [0.5, 0.6) is 0 Å². The molecule has 0 radical (unpaired) electrons. The van der Waals surface area contributed by atoms with Crippen molar-refractivity contribution in [1.29, 1.82) is 0 Å². The predicted octanol–water partition coefficient (Wildman–Crippen LogP) is 0.906. The average Bonchev–Trinajstić information content (AvgIpc) is 2.56. The van der Waals surface area contributed by atoms with Gasteiger partial charge < -0.3 is 20.4 Å². The van der Waals surface area contributed by atoms with Crippen LogP contribution in [0.3, 0.4) is 0 Å². The summed E-state index contributed by atoms with van der Waals surface area (Å²) in [7, 11) is 7.98. The molecule has 6 heteroatoms. The van der Waals surface area contributed by atoms with Gasteiger partial charge in [-0.05, 0) is 59.7 Å². The van der Waals surface area contributed by atoms with Gasteiger partial charge in [0.05, 0.1) is 0 Å². The smallest absolute Gasteiger partial charge is 0.237 e. The van der Waals surface area contributed by atoms with Crippen LogP contribution in [0, 0.1) is 0 Å². The molecule has 0 aromatic heterocycles. The molecule has 0 bridgehead atoms. The Kier molecular flexibility index (Phi) is 9.80. The SMILES string of the molecule is CN(C)CCCNC(=O)C(C(=O)NCCCN(C)C)c1ccccc1. The van der Waals surface area contributed by atoms with E-state index in [-0.39, 0.29) is 11.8 Å². The Morgan fingerprint density at radius 2 is 1.28 bits per heavy atom. The molecule has 25 heavy (non-hydrogen) atoms. The van der Waals surface area contributed by atoms with Crippen molar-refractivity contribution in [2.75, 3.05) is 54.4 Å². The second-order valence-electron chi connectivity index (χ2n) is 6.74. The molecule has 0 fully saturated rings. The first kappa shape index (κ1) is 21.1. The molecular formula is C19H32N4O2. The Morgan fingerprint density at radius 1 is 0.840 bits per heavy atom. The lowest BCUT2D eigenvalue weighted by Crippen LogP contribution is -2.41. The third kappa shape index (κ3) is 8.65. The number of amides is 2. The molecule has 0 saturated carbocycles. The van der Waals surface area contributed by atoms with Crippen molar-refractivity contribution in [3.05, 3.63) is 35.9 Å². The minimum absolute atomic E-state index is 0.241. The number of nitrogens with one attached hydrogen (secondary N) is 2. The summed E-state index contributed by atoms with van der Waals surface area (Å²) in [4.78, 5) is 29.3. The molecule has 0 aliphatic heterocycles. The summed E-state index contributed by atoms with van der Waals surface area (Å²) in [5.41, 5.74) is 0.720. The fraction of sp³-hybridized carbons (Fsp3) is 0.579. The van der Waals surface area contributed by atoms with Gasteiger partial charge in [-0.3, -0.25) is 9.59 Å². The van der Waals surface area contributed by atoms with Crippen LogP contribution in [0.2, 0.25) is 0 Å². The molecule has 0 aliphatic carbocycles. The van der Waals surface area contributed by atoms with Gasteiger partial charge in [-0.1, -0.05) is 30.3 Å². The summed E-state index contributed by atoms with van der Waals surface area (Å²) in [6, 6.07) is 9.22. The van der Waals surface area contributed by atoms with Crippen molar-refractivity contribution in [1.82, 2.24) is 20.4 Å². The lowest BCUT2D eigenvalue weighted by atomic mass is 9.97. The highest BCUT2D eigenvalue weighted by Crippen LogP contribution is 2.16. The predicted molar refractivity (Wildman–Crippen MR) is 102 cm³/mol. The monoisotopic (exact) mass is 348 g/mol. The Hall–Kier alpha value is -1.92. The van der Waals surface area contributed by atoms with Crippen LogP contribution in [0.25, 0.3) is 0 Å². The van der Waals surface area contributed by atoms with E-state index in [4.69, 9.17) is 0 Å². The van der Waals surface area contributed by atoms with E-state index >= 15 is 0 Å². The van der Waals surface area contributed by atoms with E-state index in [1.54, 1.807) is 0 Å². The van der Waals surface area contributed by atoms with Gasteiger partial charge in [-0.15, -0.1) is 0 Å². The van der Waals surface area contributed by atoms with E-state index in [1.807, 2.05) is 58.5 Å². The van der Waals surface area contributed by atoms with Gasteiger partial charge in [0.15, 0.2) is 0 Å². The molecule has 1 aromatic rings. The Labute approximate surface area is 151 Å². The van der Waals surface area contributed by atoms with Gasteiger partial charge in [0.25, 0.3) is 0 Å². The van der Waals surface area contributed by atoms with Gasteiger partial charge >= 0.3 is 0 Å². The summed E-state index contributed by atoms with van der Waals surface area (Å²) in [5.74, 6) is -1.29. The van der Waals surface area contributed by atoms with Crippen LogP contribution >= 0.6 is 0 Å². The molecule has 2 amide bonds. The molecule has 0 heterocycles. The second-order valence-corrected chi connectivity index (χ2v) is 6.74. The van der Waals surface area contributed by atoms with Crippen LogP contribution in [0.15, 0.2) is 30.3 Å². The number of rotatable bonds is 11. The van der Waals surface area contributed by atoms with Gasteiger partial charge in [-0.2, -0.15) is 0 Å². The molecule has 140 valence electrons. The van der Waals surface area contributed by atoms with Crippen LogP contribution in [-0.4, -0.2) is 76.0 Å². The van der Waals surface area contributed by atoms with E-state index in [0.29, 0.717) is 13.1 Å². The highest BCUT2D eigenvalue weighted by atomic mass is 16.2. The second kappa shape index (κ2) is 11.6. The first-order valence-corrected chi connectivity index (χ1v) is 8.81. The summed E-state index contributed by atoms with van der Waals surface area (Å²) >= 11 is 0. The summed E-state index contributed by atoms with van der Waals surface area (Å²) < 4.78 is 0. The molecule has 0 saturated heterocycles. The quantitative estimate of drug-likeness (QED) is 0.461. The Balaban J connectivity index is 2.63. The maximum absolute atomic E-state index is 12.6. The maximum Gasteiger partial charge on any atom is 0.237 e. The number of carbonyl (C=O) groups excluding carboxylic acids is 2. The molecular weight excluding hydrogens is 316 g/mol. The molecule has 6 nitrogen and oxygen atoms in total. The number of hydrogen-bond donors (Lipinski definition) is 2. The van der Waals surface area contributed by atoms with Gasteiger partial charge in [0.1, 0.15) is 5.92 Å². The van der Waals surface area contributed by atoms with Gasteiger partial charge in [-0.25, -0.2) is 0 Å². The number of hydrogen-bond acceptors (Lipinski definition) is 4. The zero-order chi connectivity index (χ0) is 18.7. The first-order chi connectivity index (χ1) is 11.9. The molecule has 0 aliphatic rings. The first-order valence-electron chi connectivity index (χ1n) is 8.81. The van der Waals surface area contributed by atoms with Crippen molar-refractivity contribution in [2.45, 2.75) is 18.8 Å². The van der Waals surface area contributed by atoms with Crippen LogP contribution in [0.4, 0.5) is 0 Å². The van der Waals surface area contributed by atoms with E-state index in [0.717, 1.165) is 31.5 Å². The molecule has 1 aromatic carbocycles. The summed E-state index contributed by atoms with van der Waals surface area (Å²) in [6.07, 6.45) is 1.70. The Morgan fingerprint density at radius 3 is 1.68 bits per heavy atom. The number of benzene rings is 1. The normalized spacial score (nSPS) is 11.2. The van der Waals surface area contributed by atoms with E-state index in [1.165, 1.54) is 0 Å². The summed E-state index contributed by atoms with van der Waals surface area (Å²) in [6.45, 7) is 2.92. The van der Waals surface area contributed by atoms with Crippen molar-refractivity contribution in [2.24, 2.45) is 0 Å². The minimum Gasteiger partial charge on any atom is -0.355 e. The minimum atomic E-state index is -0.806. The van der Waals surface area contributed by atoms with Gasteiger partial charge in [0.2, 0.25) is 11.8 Å². The standard InChI is InChI=1S/C19H32N4O2/c1-22(2)14-8-12-20-18(24)17(16-10-6-5-7-11-16)19(25)21-13-9-15-23(3)4/h5-7,10-11,17H,8-9,12-15H2,1-4H3,(H,20,24)(H,21,25). The van der Waals surface area contributed by atoms with Crippen LogP contribution in [-0.2, 0) is 9.59 Å². The molecule has 2 N–H and O–H groups in total. The highest BCUT2D eigenvalue weighted by molar-refractivity contribution is 6.05. The maximum atomic E-state index is 12.6. The van der Waals surface area contributed by atoms with Crippen molar-refractivity contribution >= 4 is 11.8 Å². The lowest BCUT2D eigenvalue weighted by Gasteiger charge is -2.18. The molecule has 0 spiro atoms. The zero-order valence-corrected chi connectivity index (χ0v) is 15.9. The topological polar surface area (TPSA) is 64.7 Å². The van der Waals surface area contributed by atoms with Gasteiger partial charge in [0, 0.05) is 13.1 Å². The molecule has 0 unspecified atom stereocenters. The lowest BCUT2D eigenvalue weighted by molar-refractivity contribution is -0.131. The van der Waals surface area contributed by atoms with E-state index in [2.05, 4.69) is 20.4 Å². The summed E-state index contributed by atoms with van der Waals surface area (Å²) in [5, 5.41) is 5.78. The van der Waals surface area contributed by atoms with Crippen molar-refractivity contribution < 1.29 is 9.59 Å². The average molecular weight is 348 g/mol. The third-order valence-corrected chi connectivity index (χ3v) is 3.82. The Bertz CT molecular complexity index is 489. The molecule has 1 rings (SSSR count). The van der Waals surface area contributed by atoms with Crippen molar-refractivity contribution in [3.63, 3.8) is 0 Å². The largest absolute Gasteiger partial charge is 0.355 e.